The number of nitrogens with one attached hydrogen (secondary N) is 1. The van der Waals surface area contributed by atoms with Gasteiger partial charge in [0.05, 0.1) is 24.0 Å². The minimum absolute atomic E-state index is 0.592. The molecule has 1 heterocycles. The number of imidazole rings is 1. The molecule has 5 heteroatoms. The van der Waals surface area contributed by atoms with E-state index >= 15 is 0 Å². The molecule has 0 radical (unpaired) electrons. The molecule has 0 aliphatic rings. The van der Waals surface area contributed by atoms with Gasteiger partial charge in [-0.15, -0.1) is 0 Å². The predicted molar refractivity (Wildman–Crippen MR) is 68.0 cm³/mol. The van der Waals surface area contributed by atoms with Crippen molar-refractivity contribution in [3.63, 3.8) is 0 Å². The average Bonchev–Trinajstić information content (AvgIpc) is 2.67. The van der Waals surface area contributed by atoms with Gasteiger partial charge in [0, 0.05) is 5.56 Å². The van der Waals surface area contributed by atoms with E-state index in [1.807, 2.05) is 19.1 Å². The van der Waals surface area contributed by atoms with Crippen LogP contribution in [0.15, 0.2) is 23.1 Å². The Bertz CT molecular complexity index is 525. The Labute approximate surface area is 107 Å². The van der Waals surface area contributed by atoms with E-state index in [9.17, 15) is 0 Å². The van der Waals surface area contributed by atoms with Crippen molar-refractivity contribution >= 4 is 27.5 Å². The molecule has 0 unspecified atom stereocenters. The quantitative estimate of drug-likeness (QED) is 0.916. The number of aryl methyl sites for hydroxylation is 1. The van der Waals surface area contributed by atoms with E-state index in [1.54, 1.807) is 13.3 Å². The lowest BCUT2D eigenvalue weighted by Crippen LogP contribution is -1.89. The van der Waals surface area contributed by atoms with E-state index in [4.69, 9.17) is 16.3 Å². The maximum atomic E-state index is 6.09. The highest BCUT2D eigenvalue weighted by molar-refractivity contribution is 9.10. The number of halogens is 2. The van der Waals surface area contributed by atoms with Gasteiger partial charge in [-0.05, 0) is 40.5 Å². The molecule has 84 valence electrons. The van der Waals surface area contributed by atoms with Crippen LogP contribution in [-0.4, -0.2) is 17.1 Å². The first kappa shape index (κ1) is 11.5. The first-order chi connectivity index (χ1) is 7.61. The van der Waals surface area contributed by atoms with Crippen LogP contribution in [0.2, 0.25) is 5.02 Å². The summed E-state index contributed by atoms with van der Waals surface area (Å²) in [4.78, 5) is 7.20. The third kappa shape index (κ3) is 2.08. The van der Waals surface area contributed by atoms with Crippen molar-refractivity contribution in [2.45, 2.75) is 6.92 Å². The van der Waals surface area contributed by atoms with E-state index in [0.717, 1.165) is 16.8 Å². The first-order valence-corrected chi connectivity index (χ1v) is 5.84. The van der Waals surface area contributed by atoms with E-state index in [2.05, 4.69) is 25.9 Å². The first-order valence-electron chi connectivity index (χ1n) is 4.67. The van der Waals surface area contributed by atoms with Crippen LogP contribution in [0, 0.1) is 6.92 Å². The molecule has 0 bridgehead atoms. The van der Waals surface area contributed by atoms with Crippen molar-refractivity contribution < 1.29 is 4.74 Å². The van der Waals surface area contributed by atoms with Crippen LogP contribution in [0.1, 0.15) is 5.56 Å². The summed E-state index contributed by atoms with van der Waals surface area (Å²) in [7, 11) is 1.60. The zero-order valence-electron chi connectivity index (χ0n) is 8.84. The van der Waals surface area contributed by atoms with Crippen LogP contribution >= 0.6 is 27.5 Å². The molecule has 0 saturated carbocycles. The second kappa shape index (κ2) is 4.47. The van der Waals surface area contributed by atoms with Crippen molar-refractivity contribution in [3.05, 3.63) is 33.6 Å². The van der Waals surface area contributed by atoms with Crippen LogP contribution in [0.4, 0.5) is 0 Å². The molecular weight excluding hydrogens is 291 g/mol. The minimum atomic E-state index is 0.592. The molecule has 2 aromatic rings. The largest absolute Gasteiger partial charge is 0.495 e. The summed E-state index contributed by atoms with van der Waals surface area (Å²) in [5.41, 5.74) is 3.02. The summed E-state index contributed by atoms with van der Waals surface area (Å²) in [6.45, 7) is 2.00. The van der Waals surface area contributed by atoms with Gasteiger partial charge in [-0.1, -0.05) is 11.6 Å². The Kier molecular flexibility index (Phi) is 3.21. The Morgan fingerprint density at radius 3 is 2.75 bits per heavy atom. The van der Waals surface area contributed by atoms with E-state index in [-0.39, 0.29) is 0 Å². The number of aromatic amines is 1. The fourth-order valence-corrected chi connectivity index (χ4v) is 2.09. The maximum Gasteiger partial charge on any atom is 0.174 e. The monoisotopic (exact) mass is 300 g/mol. The van der Waals surface area contributed by atoms with Gasteiger partial charge in [0.2, 0.25) is 0 Å². The second-order valence-corrected chi connectivity index (χ2v) is 4.55. The van der Waals surface area contributed by atoms with Crippen molar-refractivity contribution in [3.8, 4) is 17.0 Å². The van der Waals surface area contributed by atoms with Crippen molar-refractivity contribution in [1.29, 1.82) is 0 Å². The van der Waals surface area contributed by atoms with Crippen LogP contribution in [0.25, 0.3) is 11.3 Å². The summed E-state index contributed by atoms with van der Waals surface area (Å²) in [5, 5.41) is 0.592. The fraction of sp³-hybridized carbons (Fsp3) is 0.182. The van der Waals surface area contributed by atoms with Gasteiger partial charge in [-0.3, -0.25) is 0 Å². The van der Waals surface area contributed by atoms with Gasteiger partial charge in [-0.25, -0.2) is 4.98 Å². The Hall–Kier alpha value is -1.00. The number of methoxy groups -OCH3 is 1. The number of hydrogen-bond donors (Lipinski definition) is 1. The topological polar surface area (TPSA) is 37.9 Å². The zero-order valence-corrected chi connectivity index (χ0v) is 11.2. The Balaban J connectivity index is 2.54. The second-order valence-electron chi connectivity index (χ2n) is 3.39. The molecular formula is C11H10BrClN2O. The molecule has 0 aliphatic heterocycles. The van der Waals surface area contributed by atoms with Crippen LogP contribution in [-0.2, 0) is 0 Å². The van der Waals surface area contributed by atoms with Crippen molar-refractivity contribution in [2.75, 3.05) is 7.11 Å². The number of nitrogens with zero attached hydrogens (tertiary/aromatic N) is 1. The molecule has 0 aliphatic carbocycles. The van der Waals surface area contributed by atoms with Crippen molar-refractivity contribution in [2.24, 2.45) is 0 Å². The summed E-state index contributed by atoms with van der Waals surface area (Å²) < 4.78 is 5.86. The van der Waals surface area contributed by atoms with Gasteiger partial charge in [0.15, 0.2) is 4.73 Å². The molecule has 1 aromatic carbocycles. The number of hydrogen-bond acceptors (Lipinski definition) is 2. The standard InChI is InChI=1S/C11H10BrClN2O/c1-6-3-10(16-2)8(13)4-7(6)9-5-14-11(12)15-9/h3-5H,1-2H3,(H,14,15). The van der Waals surface area contributed by atoms with Gasteiger partial charge in [-0.2, -0.15) is 0 Å². The average molecular weight is 302 g/mol. The number of aromatic nitrogens is 2. The number of rotatable bonds is 2. The maximum absolute atomic E-state index is 6.09. The molecule has 0 saturated heterocycles. The molecule has 0 spiro atoms. The molecule has 0 amide bonds. The SMILES string of the molecule is COc1cc(C)c(-c2cnc(Br)[nH]2)cc1Cl. The number of H-pyrrole nitrogens is 1. The molecule has 16 heavy (non-hydrogen) atoms. The van der Waals surface area contributed by atoms with Crippen LogP contribution in [0.5, 0.6) is 5.75 Å². The molecule has 3 nitrogen and oxygen atoms in total. The van der Waals surface area contributed by atoms with Gasteiger partial charge in [0.25, 0.3) is 0 Å². The highest BCUT2D eigenvalue weighted by Gasteiger charge is 2.09. The van der Waals surface area contributed by atoms with E-state index in [1.165, 1.54) is 0 Å². The molecule has 0 fully saturated rings. The van der Waals surface area contributed by atoms with Gasteiger partial charge in [0.1, 0.15) is 5.75 Å². The fourth-order valence-electron chi connectivity index (χ4n) is 1.54. The molecule has 1 N–H and O–H groups in total. The molecule has 0 atom stereocenters. The summed E-state index contributed by atoms with van der Waals surface area (Å²) in [6.07, 6.45) is 1.76. The van der Waals surface area contributed by atoms with Gasteiger partial charge >= 0.3 is 0 Å². The lowest BCUT2D eigenvalue weighted by molar-refractivity contribution is 0.415. The highest BCUT2D eigenvalue weighted by Crippen LogP contribution is 2.32. The smallest absolute Gasteiger partial charge is 0.174 e. The predicted octanol–water partition coefficient (Wildman–Crippen LogP) is 3.81. The number of benzene rings is 1. The molecule has 2 rings (SSSR count). The van der Waals surface area contributed by atoms with Crippen molar-refractivity contribution in [1.82, 2.24) is 9.97 Å². The summed E-state index contributed by atoms with van der Waals surface area (Å²) in [6, 6.07) is 3.78. The minimum Gasteiger partial charge on any atom is -0.495 e. The van der Waals surface area contributed by atoms with Gasteiger partial charge < -0.3 is 9.72 Å². The highest BCUT2D eigenvalue weighted by atomic mass is 79.9. The lowest BCUT2D eigenvalue weighted by Gasteiger charge is -2.08. The third-order valence-electron chi connectivity index (χ3n) is 2.33. The van der Waals surface area contributed by atoms with E-state index in [0.29, 0.717) is 15.5 Å². The Morgan fingerprint density at radius 1 is 1.44 bits per heavy atom. The third-order valence-corrected chi connectivity index (χ3v) is 3.03. The zero-order chi connectivity index (χ0) is 11.7. The summed E-state index contributed by atoms with van der Waals surface area (Å²) >= 11 is 9.36. The lowest BCUT2D eigenvalue weighted by atomic mass is 10.1. The van der Waals surface area contributed by atoms with E-state index < -0.39 is 0 Å². The molecule has 1 aromatic heterocycles. The normalized spacial score (nSPS) is 10.5. The van der Waals surface area contributed by atoms with Crippen LogP contribution in [0.3, 0.4) is 0 Å². The number of ether oxygens (including phenoxy) is 1. The Morgan fingerprint density at radius 2 is 2.19 bits per heavy atom. The van der Waals surface area contributed by atoms with Crippen LogP contribution < -0.4 is 4.74 Å². The summed E-state index contributed by atoms with van der Waals surface area (Å²) in [5.74, 6) is 0.682.